The third-order valence-electron chi connectivity index (χ3n) is 6.20. The fraction of sp³-hybridized carbons (Fsp3) is 0.440. The summed E-state index contributed by atoms with van der Waals surface area (Å²) in [4.78, 5) is 20.2. The third kappa shape index (κ3) is 7.20. The van der Waals surface area contributed by atoms with Gasteiger partial charge in [0.2, 0.25) is 0 Å². The second-order valence-electron chi connectivity index (χ2n) is 8.32. The fourth-order valence-corrected chi connectivity index (χ4v) is 4.27. The van der Waals surface area contributed by atoms with Crippen LogP contribution in [-0.4, -0.2) is 32.3 Å². The van der Waals surface area contributed by atoms with Gasteiger partial charge in [0.05, 0.1) is 22.1 Å². The number of allylic oxidation sites excluding steroid dienone is 2. The smallest absolute Gasteiger partial charge is 0.269 e. The quantitative estimate of drug-likeness (QED) is 0.348. The monoisotopic (exact) mass is 456 g/mol. The highest BCUT2D eigenvalue weighted by atomic mass is 16.6. The van der Waals surface area contributed by atoms with Crippen molar-refractivity contribution in [2.24, 2.45) is 0 Å². The van der Waals surface area contributed by atoms with E-state index in [1.807, 2.05) is 12.1 Å². The van der Waals surface area contributed by atoms with Crippen LogP contribution in [-0.2, 0) is 0 Å². The molecule has 4 rings (SSSR count). The molecule has 4 atom stereocenters. The van der Waals surface area contributed by atoms with E-state index < -0.39 is 17.1 Å². The van der Waals surface area contributed by atoms with E-state index in [1.165, 1.54) is 17.7 Å². The van der Waals surface area contributed by atoms with E-state index in [0.717, 1.165) is 31.2 Å². The standard InChI is InChI=1S/C12H15NO4.C12H13NO2.CH4/c14-11-6-3-9(7-12(11)15)8-1-4-10(5-2-8)13(16)17;14-13(15)12-8-6-11(7-9-12)10-4-2-1-3-5-10;/h1-2,4-5,9,11-12,14-15H,3,6-7H2;1-2,6-10H,3-5H2;1H4/t9?,11-,12+;;/m1../s1. The van der Waals surface area contributed by atoms with E-state index >= 15 is 0 Å². The lowest BCUT2D eigenvalue weighted by Gasteiger charge is -2.30. The van der Waals surface area contributed by atoms with Gasteiger partial charge in [-0.15, -0.1) is 0 Å². The van der Waals surface area contributed by atoms with Gasteiger partial charge in [-0.25, -0.2) is 0 Å². The van der Waals surface area contributed by atoms with Crippen LogP contribution in [0.1, 0.15) is 68.9 Å². The number of aliphatic hydroxyl groups excluding tert-OH is 2. The summed E-state index contributed by atoms with van der Waals surface area (Å²) in [6.07, 6.45) is 8.26. The van der Waals surface area contributed by atoms with Crippen molar-refractivity contribution in [2.75, 3.05) is 0 Å². The molecule has 0 aromatic heterocycles. The maximum Gasteiger partial charge on any atom is 0.269 e. The summed E-state index contributed by atoms with van der Waals surface area (Å²) in [5.74, 6) is 0.713. The van der Waals surface area contributed by atoms with E-state index in [-0.39, 0.29) is 29.6 Å². The van der Waals surface area contributed by atoms with Crippen LogP contribution in [0, 0.1) is 20.2 Å². The average Bonchev–Trinajstić information content (AvgIpc) is 2.82. The second-order valence-corrected chi connectivity index (χ2v) is 8.32. The lowest BCUT2D eigenvalue weighted by Crippen LogP contribution is -2.32. The Bertz CT molecular complexity index is 942. The van der Waals surface area contributed by atoms with Gasteiger partial charge in [0.25, 0.3) is 11.4 Å². The minimum atomic E-state index is -0.691. The Morgan fingerprint density at radius 1 is 0.697 bits per heavy atom. The molecule has 8 nitrogen and oxygen atoms in total. The van der Waals surface area contributed by atoms with Crippen molar-refractivity contribution in [3.63, 3.8) is 0 Å². The number of rotatable bonds is 4. The van der Waals surface area contributed by atoms with Crippen LogP contribution in [0.3, 0.4) is 0 Å². The first-order chi connectivity index (χ1) is 15.3. The molecule has 0 amide bonds. The molecular weight excluding hydrogens is 424 g/mol. The summed E-state index contributed by atoms with van der Waals surface area (Å²) in [7, 11) is 0. The van der Waals surface area contributed by atoms with E-state index in [9.17, 15) is 30.4 Å². The maximum absolute atomic E-state index is 10.5. The number of nitro groups is 2. The number of hydrogen-bond acceptors (Lipinski definition) is 6. The molecule has 0 aliphatic heterocycles. The molecule has 1 fully saturated rings. The first-order valence-corrected chi connectivity index (χ1v) is 10.8. The van der Waals surface area contributed by atoms with E-state index in [0.29, 0.717) is 18.8 Å². The Balaban J connectivity index is 0.000000228. The molecule has 2 aromatic rings. The predicted molar refractivity (Wildman–Crippen MR) is 127 cm³/mol. The van der Waals surface area contributed by atoms with Gasteiger partial charge in [-0.3, -0.25) is 20.2 Å². The van der Waals surface area contributed by atoms with Crippen molar-refractivity contribution >= 4 is 11.4 Å². The molecule has 33 heavy (non-hydrogen) atoms. The zero-order valence-corrected chi connectivity index (χ0v) is 17.7. The van der Waals surface area contributed by atoms with Gasteiger partial charge >= 0.3 is 0 Å². The highest BCUT2D eigenvalue weighted by Gasteiger charge is 2.28. The largest absolute Gasteiger partial charge is 0.390 e. The number of hydrogen-bond donors (Lipinski definition) is 2. The first kappa shape index (κ1) is 26.2. The van der Waals surface area contributed by atoms with Crippen molar-refractivity contribution in [2.45, 2.75) is 70.0 Å². The molecule has 178 valence electrons. The lowest BCUT2D eigenvalue weighted by molar-refractivity contribution is -0.385. The Labute approximate surface area is 193 Å². The SMILES string of the molecule is C.O=[N+]([O-])c1ccc(C2CC=CCC2)cc1.O=[N+]([O-])c1ccc(C2CC[C@@H](O)[C@@H](O)C2)cc1. The van der Waals surface area contributed by atoms with Gasteiger partial charge in [-0.2, -0.15) is 0 Å². The maximum atomic E-state index is 10.5. The predicted octanol–water partition coefficient (Wildman–Crippen LogP) is 5.64. The van der Waals surface area contributed by atoms with Gasteiger partial charge in [0.15, 0.2) is 0 Å². The molecule has 2 aliphatic carbocycles. The average molecular weight is 457 g/mol. The second kappa shape index (κ2) is 12.2. The van der Waals surface area contributed by atoms with E-state index in [2.05, 4.69) is 12.2 Å². The number of nitro benzene ring substituents is 2. The lowest BCUT2D eigenvalue weighted by atomic mass is 9.81. The molecule has 8 heteroatoms. The van der Waals surface area contributed by atoms with Gasteiger partial charge in [-0.05, 0) is 61.5 Å². The van der Waals surface area contributed by atoms with Crippen LogP contribution in [0.2, 0.25) is 0 Å². The third-order valence-corrected chi connectivity index (χ3v) is 6.20. The molecule has 2 aromatic carbocycles. The Morgan fingerprint density at radius 2 is 1.21 bits per heavy atom. The molecule has 0 radical (unpaired) electrons. The first-order valence-electron chi connectivity index (χ1n) is 10.8. The van der Waals surface area contributed by atoms with Gasteiger partial charge in [-0.1, -0.05) is 43.8 Å². The zero-order valence-electron chi connectivity index (χ0n) is 17.7. The van der Waals surface area contributed by atoms with Crippen LogP contribution < -0.4 is 0 Å². The van der Waals surface area contributed by atoms with Crippen LogP contribution in [0.25, 0.3) is 0 Å². The topological polar surface area (TPSA) is 127 Å². The number of nitrogens with zero attached hydrogens (tertiary/aromatic N) is 2. The van der Waals surface area contributed by atoms with Crippen molar-refractivity contribution in [3.8, 4) is 0 Å². The van der Waals surface area contributed by atoms with Gasteiger partial charge in [0, 0.05) is 24.3 Å². The summed E-state index contributed by atoms with van der Waals surface area (Å²) in [6, 6.07) is 13.4. The van der Waals surface area contributed by atoms with Gasteiger partial charge < -0.3 is 10.2 Å². The van der Waals surface area contributed by atoms with E-state index in [4.69, 9.17) is 0 Å². The van der Waals surface area contributed by atoms with Crippen molar-refractivity contribution in [3.05, 3.63) is 92.0 Å². The molecule has 0 heterocycles. The molecule has 0 spiro atoms. The number of aliphatic hydroxyl groups is 2. The van der Waals surface area contributed by atoms with Crippen LogP contribution in [0.15, 0.2) is 60.7 Å². The Morgan fingerprint density at radius 3 is 1.64 bits per heavy atom. The Kier molecular flexibility index (Phi) is 9.69. The zero-order chi connectivity index (χ0) is 23.1. The van der Waals surface area contributed by atoms with Crippen molar-refractivity contribution in [1.82, 2.24) is 0 Å². The highest BCUT2D eigenvalue weighted by Crippen LogP contribution is 2.34. The molecule has 2 aliphatic rings. The Hall–Kier alpha value is -3.10. The van der Waals surface area contributed by atoms with Crippen molar-refractivity contribution in [1.29, 1.82) is 0 Å². The fourth-order valence-electron chi connectivity index (χ4n) is 4.27. The molecule has 2 unspecified atom stereocenters. The van der Waals surface area contributed by atoms with Crippen molar-refractivity contribution < 1.29 is 20.1 Å². The minimum Gasteiger partial charge on any atom is -0.390 e. The van der Waals surface area contributed by atoms with Crippen LogP contribution in [0.5, 0.6) is 0 Å². The minimum absolute atomic E-state index is 0. The molecule has 2 N–H and O–H groups in total. The normalized spacial score (nSPS) is 24.1. The summed E-state index contributed by atoms with van der Waals surface area (Å²) in [6.45, 7) is 0. The molecular formula is C25H32N2O6. The van der Waals surface area contributed by atoms with Crippen LogP contribution >= 0.6 is 0 Å². The highest BCUT2D eigenvalue weighted by molar-refractivity contribution is 5.35. The summed E-state index contributed by atoms with van der Waals surface area (Å²) < 4.78 is 0. The molecule has 0 bridgehead atoms. The number of non-ortho nitro benzene ring substituents is 2. The molecule has 0 saturated heterocycles. The summed E-state index contributed by atoms with van der Waals surface area (Å²) in [5, 5.41) is 40.0. The summed E-state index contributed by atoms with van der Waals surface area (Å²) in [5.41, 5.74) is 2.45. The molecule has 1 saturated carbocycles. The summed E-state index contributed by atoms with van der Waals surface area (Å²) >= 11 is 0. The van der Waals surface area contributed by atoms with Crippen LogP contribution in [0.4, 0.5) is 11.4 Å². The number of benzene rings is 2. The van der Waals surface area contributed by atoms with E-state index in [1.54, 1.807) is 24.3 Å². The van der Waals surface area contributed by atoms with Gasteiger partial charge in [0.1, 0.15) is 0 Å².